The highest BCUT2D eigenvalue weighted by Crippen LogP contribution is 2.41. The third-order valence-corrected chi connectivity index (χ3v) is 8.44. The fraction of sp³-hybridized carbons (Fsp3) is 0.364. The molecule has 0 spiro atoms. The molecule has 0 aliphatic carbocycles. The van der Waals surface area contributed by atoms with Crippen molar-refractivity contribution in [2.45, 2.75) is 46.0 Å². The van der Waals surface area contributed by atoms with Crippen LogP contribution in [-0.2, 0) is 9.59 Å². The molecule has 14 heteroatoms. The van der Waals surface area contributed by atoms with E-state index in [1.54, 1.807) is 6.07 Å². The molecule has 0 saturated heterocycles. The first-order valence-corrected chi connectivity index (χ1v) is 15.3. The van der Waals surface area contributed by atoms with E-state index in [2.05, 4.69) is 4.98 Å². The molecule has 2 aromatic carbocycles. The normalized spacial score (nSPS) is 11.4. The highest BCUT2D eigenvalue weighted by molar-refractivity contribution is 7.20. The summed E-state index contributed by atoms with van der Waals surface area (Å²) in [6, 6.07) is 7.05. The minimum absolute atomic E-state index is 0.00815. The number of carboxylic acids is 2. The van der Waals surface area contributed by atoms with Crippen molar-refractivity contribution in [2.75, 3.05) is 27.4 Å². The van der Waals surface area contributed by atoms with Gasteiger partial charge in [0, 0.05) is 40.4 Å². The molecule has 4 aromatic rings. The monoisotopic (exact) mass is 673 g/mol. The Morgan fingerprint density at radius 1 is 0.830 bits per heavy atom. The molecule has 47 heavy (non-hydrogen) atoms. The first-order valence-electron chi connectivity index (χ1n) is 14.5. The van der Waals surface area contributed by atoms with Gasteiger partial charge in [-0.3, -0.25) is 19.2 Å². The second kappa shape index (κ2) is 14.7. The number of ether oxygens (including phenoxy) is 4. The molecule has 0 saturated carbocycles. The van der Waals surface area contributed by atoms with Gasteiger partial charge in [0.25, 0.3) is 0 Å². The number of carbonyl (C=O) groups is 4. The lowest BCUT2D eigenvalue weighted by Gasteiger charge is -2.16. The van der Waals surface area contributed by atoms with Gasteiger partial charge in [-0.25, -0.2) is 13.8 Å². The molecular weight excluding hydrogens is 640 g/mol. The molecule has 0 fully saturated rings. The van der Waals surface area contributed by atoms with E-state index < -0.39 is 40.6 Å². The lowest BCUT2D eigenvalue weighted by Crippen LogP contribution is -2.26. The van der Waals surface area contributed by atoms with Crippen LogP contribution in [0.1, 0.15) is 66.1 Å². The fourth-order valence-electron chi connectivity index (χ4n) is 4.62. The van der Waals surface area contributed by atoms with E-state index in [-0.39, 0.29) is 82.3 Å². The van der Waals surface area contributed by atoms with Crippen LogP contribution in [0.3, 0.4) is 0 Å². The van der Waals surface area contributed by atoms with Crippen molar-refractivity contribution in [3.63, 3.8) is 0 Å². The fourth-order valence-corrected chi connectivity index (χ4v) is 5.64. The number of ketones is 2. The Morgan fingerprint density at radius 2 is 1.43 bits per heavy atom. The average molecular weight is 674 g/mol. The van der Waals surface area contributed by atoms with E-state index in [9.17, 15) is 24.3 Å². The number of halogens is 2. The summed E-state index contributed by atoms with van der Waals surface area (Å²) in [6.07, 6.45) is -0.0577. The molecule has 0 amide bonds. The van der Waals surface area contributed by atoms with Crippen LogP contribution >= 0.6 is 11.3 Å². The van der Waals surface area contributed by atoms with Crippen molar-refractivity contribution < 1.29 is 57.1 Å². The molecule has 2 aromatic heterocycles. The molecule has 4 rings (SSSR count). The van der Waals surface area contributed by atoms with Gasteiger partial charge in [0.15, 0.2) is 46.2 Å². The number of aliphatic carboxylic acids is 2. The number of rotatable bonds is 17. The molecule has 2 heterocycles. The van der Waals surface area contributed by atoms with Crippen LogP contribution in [0.4, 0.5) is 8.78 Å². The number of pyridine rings is 1. The maximum atomic E-state index is 15.5. The number of carbonyl (C=O) groups excluding carboxylic acids is 2. The lowest BCUT2D eigenvalue weighted by atomic mass is 9.87. The summed E-state index contributed by atoms with van der Waals surface area (Å²) in [5.74, 6) is -4.70. The van der Waals surface area contributed by atoms with Gasteiger partial charge in [-0.05, 0) is 44.9 Å². The van der Waals surface area contributed by atoms with Gasteiger partial charge in [-0.15, -0.1) is 11.3 Å². The standard InChI is InChI=1S/C33H33F2NO10S/c1-33(2,32(41)42)16-22(38)26-13-18-25(47-26)15-24(44-4)31(29(18)35)46-12-6-5-11-45-30-23(43-3)14-20-17(28(30)34)7-8-19(36-20)21(37)9-10-27(39)40/h7-8,13-15H,5-6,9-12,16H2,1-4H3,(H,39,40)(H,41,42). The number of nitrogens with zero attached hydrogens (tertiary/aromatic N) is 1. The van der Waals surface area contributed by atoms with Crippen molar-refractivity contribution in [1.29, 1.82) is 0 Å². The largest absolute Gasteiger partial charge is 0.493 e. The molecule has 2 N–H and O–H groups in total. The number of aromatic nitrogens is 1. The quantitative estimate of drug-likeness (QED) is 0.0906. The lowest BCUT2D eigenvalue weighted by molar-refractivity contribution is -0.146. The van der Waals surface area contributed by atoms with Crippen molar-refractivity contribution in [3.05, 3.63) is 52.5 Å². The highest BCUT2D eigenvalue weighted by atomic mass is 32.1. The Kier molecular flexibility index (Phi) is 11.0. The molecular formula is C33H33F2NO10S. The predicted octanol–water partition coefficient (Wildman–Crippen LogP) is 6.71. The Bertz CT molecular complexity index is 1850. The van der Waals surface area contributed by atoms with E-state index in [4.69, 9.17) is 24.1 Å². The average Bonchev–Trinajstić information content (AvgIpc) is 3.47. The number of carboxylic acid groups (broad SMARTS) is 2. The van der Waals surface area contributed by atoms with Gasteiger partial charge < -0.3 is 29.2 Å². The van der Waals surface area contributed by atoms with Gasteiger partial charge in [0.05, 0.1) is 49.7 Å². The van der Waals surface area contributed by atoms with Crippen LogP contribution in [0.2, 0.25) is 0 Å². The number of methoxy groups -OCH3 is 2. The van der Waals surface area contributed by atoms with Gasteiger partial charge in [0.2, 0.25) is 0 Å². The van der Waals surface area contributed by atoms with Gasteiger partial charge in [-0.2, -0.15) is 0 Å². The number of unbranched alkanes of at least 4 members (excludes halogenated alkanes) is 1. The summed E-state index contributed by atoms with van der Waals surface area (Å²) in [5, 5.41) is 18.4. The van der Waals surface area contributed by atoms with Crippen LogP contribution < -0.4 is 18.9 Å². The van der Waals surface area contributed by atoms with Gasteiger partial charge in [-0.1, -0.05) is 0 Å². The number of hydrogen-bond donors (Lipinski definition) is 2. The summed E-state index contributed by atoms with van der Waals surface area (Å²) >= 11 is 1.04. The van der Waals surface area contributed by atoms with E-state index in [1.165, 1.54) is 52.3 Å². The zero-order valence-electron chi connectivity index (χ0n) is 26.1. The van der Waals surface area contributed by atoms with Crippen LogP contribution in [0.25, 0.3) is 21.0 Å². The second-order valence-corrected chi connectivity index (χ2v) is 12.3. The van der Waals surface area contributed by atoms with Crippen LogP contribution in [0.15, 0.2) is 30.3 Å². The predicted molar refractivity (Wildman–Crippen MR) is 168 cm³/mol. The van der Waals surface area contributed by atoms with Gasteiger partial charge >= 0.3 is 11.9 Å². The molecule has 0 atom stereocenters. The number of hydrogen-bond acceptors (Lipinski definition) is 10. The summed E-state index contributed by atoms with van der Waals surface area (Å²) in [5.41, 5.74) is -1.13. The van der Waals surface area contributed by atoms with E-state index in [1.807, 2.05) is 0 Å². The van der Waals surface area contributed by atoms with Crippen molar-refractivity contribution in [2.24, 2.45) is 5.41 Å². The number of thiophene rings is 1. The van der Waals surface area contributed by atoms with Crippen molar-refractivity contribution >= 4 is 55.8 Å². The number of Topliss-reactive ketones (excluding diaryl/α,β-unsaturated/α-hetero) is 2. The minimum Gasteiger partial charge on any atom is -0.493 e. The Hall–Kier alpha value is -4.85. The molecule has 0 unspecified atom stereocenters. The third kappa shape index (κ3) is 7.94. The Labute approximate surface area is 272 Å². The van der Waals surface area contributed by atoms with E-state index in [0.717, 1.165) is 11.3 Å². The number of benzene rings is 2. The van der Waals surface area contributed by atoms with E-state index >= 15 is 8.78 Å². The van der Waals surface area contributed by atoms with Crippen LogP contribution in [-0.4, -0.2) is 66.1 Å². The minimum atomic E-state index is -1.28. The molecule has 0 aliphatic rings. The van der Waals surface area contributed by atoms with Crippen molar-refractivity contribution in [1.82, 2.24) is 4.98 Å². The smallest absolute Gasteiger partial charge is 0.309 e. The molecule has 250 valence electrons. The zero-order chi connectivity index (χ0) is 34.5. The molecule has 0 radical (unpaired) electrons. The second-order valence-electron chi connectivity index (χ2n) is 11.2. The van der Waals surface area contributed by atoms with Gasteiger partial charge in [0.1, 0.15) is 5.69 Å². The Balaban J connectivity index is 1.39. The molecule has 0 bridgehead atoms. The van der Waals surface area contributed by atoms with Crippen LogP contribution in [0, 0.1) is 17.0 Å². The zero-order valence-corrected chi connectivity index (χ0v) is 26.9. The maximum Gasteiger partial charge on any atom is 0.309 e. The topological polar surface area (TPSA) is 159 Å². The first-order chi connectivity index (χ1) is 22.3. The molecule has 11 nitrogen and oxygen atoms in total. The maximum absolute atomic E-state index is 15.5. The highest BCUT2D eigenvalue weighted by Gasteiger charge is 2.31. The SMILES string of the molecule is COc1cc2nc(C(=O)CCC(=O)O)ccc2c(F)c1OCCCCOc1c(OC)cc2sc(C(=O)CC(C)(C)C(=O)O)cc2c1F. The van der Waals surface area contributed by atoms with E-state index in [0.29, 0.717) is 17.5 Å². The summed E-state index contributed by atoms with van der Waals surface area (Å²) in [6.45, 7) is 3.01. The van der Waals surface area contributed by atoms with Crippen LogP contribution in [0.5, 0.6) is 23.0 Å². The first kappa shape index (κ1) is 35.0. The summed E-state index contributed by atoms with van der Waals surface area (Å²) < 4.78 is 53.3. The summed E-state index contributed by atoms with van der Waals surface area (Å²) in [7, 11) is 2.68. The van der Waals surface area contributed by atoms with Crippen molar-refractivity contribution in [3.8, 4) is 23.0 Å². The Morgan fingerprint density at radius 3 is 2.00 bits per heavy atom. The third-order valence-electron chi connectivity index (χ3n) is 7.31. The number of fused-ring (bicyclic) bond motifs is 2. The molecule has 0 aliphatic heterocycles. The summed E-state index contributed by atoms with van der Waals surface area (Å²) in [4.78, 5) is 51.6.